The van der Waals surface area contributed by atoms with Crippen molar-refractivity contribution in [1.29, 1.82) is 0 Å². The summed E-state index contributed by atoms with van der Waals surface area (Å²) in [5.41, 5.74) is 0. The van der Waals surface area contributed by atoms with Crippen molar-refractivity contribution in [3.8, 4) is 0 Å². The van der Waals surface area contributed by atoms with E-state index in [-0.39, 0.29) is 20.6 Å². The largest absolute Gasteiger partial charge is 0.162 e. The van der Waals surface area contributed by atoms with Crippen molar-refractivity contribution in [3.63, 3.8) is 0 Å². The van der Waals surface area contributed by atoms with E-state index in [1.54, 1.807) is 0 Å². The van der Waals surface area contributed by atoms with Gasteiger partial charge in [0.05, 0.1) is 10.8 Å². The maximum absolute atomic E-state index is 5.76. The van der Waals surface area contributed by atoms with Gasteiger partial charge in [-0.2, -0.15) is 0 Å². The van der Waals surface area contributed by atoms with Gasteiger partial charge in [0.1, 0.15) is 0 Å². The van der Waals surface area contributed by atoms with Gasteiger partial charge in [-0.15, -0.1) is 20.4 Å². The van der Waals surface area contributed by atoms with E-state index in [0.29, 0.717) is 10.8 Å². The normalized spacial score (nSPS) is 10.9. The molecule has 4 nitrogen and oxygen atoms in total. The quantitative estimate of drug-likeness (QED) is 0.738. The van der Waals surface area contributed by atoms with Gasteiger partial charge >= 0.3 is 0 Å². The molecule has 0 radical (unpaired) electrons. The molecule has 0 bridgehead atoms. The zero-order chi connectivity index (χ0) is 10.3. The topological polar surface area (TPSA) is 51.6 Å². The molecule has 0 aliphatic rings. The summed E-state index contributed by atoms with van der Waals surface area (Å²) in [6.45, 7) is 0. The van der Waals surface area contributed by atoms with Crippen LogP contribution >= 0.6 is 46.4 Å². The highest BCUT2D eigenvalue weighted by Crippen LogP contribution is 2.33. The van der Waals surface area contributed by atoms with Gasteiger partial charge in [0.15, 0.2) is 20.6 Å². The highest BCUT2D eigenvalue weighted by molar-refractivity contribution is 6.46. The lowest BCUT2D eigenvalue weighted by Crippen LogP contribution is -1.93. The van der Waals surface area contributed by atoms with Gasteiger partial charge in [-0.1, -0.05) is 46.4 Å². The van der Waals surface area contributed by atoms with Gasteiger partial charge in [-0.3, -0.25) is 0 Å². The number of halogens is 4. The monoisotopic (exact) mass is 268 g/mol. The van der Waals surface area contributed by atoms with Crippen LogP contribution in [0.25, 0.3) is 10.8 Å². The molecule has 0 aliphatic carbocycles. The summed E-state index contributed by atoms with van der Waals surface area (Å²) >= 11 is 23.1. The minimum atomic E-state index is 0.0891. The fourth-order valence-electron chi connectivity index (χ4n) is 0.958. The SMILES string of the molecule is Clc1nnc(Cl)c2c(Cl)nnc(Cl)c12. The summed E-state index contributed by atoms with van der Waals surface area (Å²) in [7, 11) is 0. The number of fused-ring (bicyclic) bond motifs is 1. The first-order chi connectivity index (χ1) is 6.61. The lowest BCUT2D eigenvalue weighted by Gasteiger charge is -2.02. The number of nitrogens with zero attached hydrogens (tertiary/aromatic N) is 4. The Morgan fingerprint density at radius 3 is 0.929 bits per heavy atom. The lowest BCUT2D eigenvalue weighted by atomic mass is 10.3. The Bertz CT molecular complexity index is 425. The number of hydrogen-bond acceptors (Lipinski definition) is 4. The van der Waals surface area contributed by atoms with E-state index in [9.17, 15) is 0 Å². The first-order valence-electron chi connectivity index (χ1n) is 3.30. The molecule has 0 aromatic carbocycles. The average molecular weight is 270 g/mol. The molecule has 0 fully saturated rings. The van der Waals surface area contributed by atoms with E-state index in [1.165, 1.54) is 0 Å². The van der Waals surface area contributed by atoms with E-state index in [4.69, 9.17) is 46.4 Å². The standard InChI is InChI=1S/C6Cl4N4/c7-3-1-2(5(9)13-11-3)6(10)14-12-4(1)8. The van der Waals surface area contributed by atoms with E-state index in [1.807, 2.05) is 0 Å². The number of hydrogen-bond donors (Lipinski definition) is 0. The minimum Gasteiger partial charge on any atom is -0.136 e. The lowest BCUT2D eigenvalue weighted by molar-refractivity contribution is 1.02. The summed E-state index contributed by atoms with van der Waals surface area (Å²) in [6, 6.07) is 0. The van der Waals surface area contributed by atoms with Crippen LogP contribution < -0.4 is 0 Å². The Balaban J connectivity index is 3.05. The van der Waals surface area contributed by atoms with Gasteiger partial charge in [-0.05, 0) is 0 Å². The first kappa shape index (κ1) is 10.1. The minimum absolute atomic E-state index is 0.0891. The van der Waals surface area contributed by atoms with Crippen LogP contribution in [0.3, 0.4) is 0 Å². The molecule has 0 saturated carbocycles. The van der Waals surface area contributed by atoms with Gasteiger partial charge in [0.2, 0.25) is 0 Å². The third-order valence-corrected chi connectivity index (χ3v) is 2.58. The molecule has 14 heavy (non-hydrogen) atoms. The Morgan fingerprint density at radius 1 is 0.500 bits per heavy atom. The van der Waals surface area contributed by atoms with Crippen LogP contribution in [0.2, 0.25) is 20.6 Å². The van der Waals surface area contributed by atoms with Crippen LogP contribution in [0, 0.1) is 0 Å². The predicted octanol–water partition coefficient (Wildman–Crippen LogP) is 3.03. The first-order valence-corrected chi connectivity index (χ1v) is 4.81. The summed E-state index contributed by atoms with van der Waals surface area (Å²) < 4.78 is 0. The Hall–Kier alpha value is -0.420. The fourth-order valence-corrected chi connectivity index (χ4v) is 1.94. The number of rotatable bonds is 0. The summed E-state index contributed by atoms with van der Waals surface area (Å²) in [5, 5.41) is 15.4. The van der Waals surface area contributed by atoms with Crippen molar-refractivity contribution >= 4 is 57.2 Å². The van der Waals surface area contributed by atoms with Crippen molar-refractivity contribution in [1.82, 2.24) is 20.4 Å². The highest BCUT2D eigenvalue weighted by Gasteiger charge is 2.15. The highest BCUT2D eigenvalue weighted by atomic mass is 35.5. The zero-order valence-electron chi connectivity index (χ0n) is 6.30. The zero-order valence-corrected chi connectivity index (χ0v) is 9.32. The number of aromatic nitrogens is 4. The molecule has 0 amide bonds. The second kappa shape index (κ2) is 3.62. The molecule has 2 heterocycles. The van der Waals surface area contributed by atoms with E-state index in [2.05, 4.69) is 20.4 Å². The molecule has 2 aromatic heterocycles. The third kappa shape index (κ3) is 1.48. The van der Waals surface area contributed by atoms with Crippen molar-refractivity contribution in [2.24, 2.45) is 0 Å². The van der Waals surface area contributed by atoms with Gasteiger partial charge in [0, 0.05) is 0 Å². The van der Waals surface area contributed by atoms with E-state index < -0.39 is 0 Å². The molecule has 8 heteroatoms. The molecular weight excluding hydrogens is 270 g/mol. The van der Waals surface area contributed by atoms with Crippen molar-refractivity contribution in [2.45, 2.75) is 0 Å². The van der Waals surface area contributed by atoms with Crippen LogP contribution in [-0.4, -0.2) is 20.4 Å². The average Bonchev–Trinajstić information content (AvgIpc) is 2.16. The Morgan fingerprint density at radius 2 is 0.714 bits per heavy atom. The third-order valence-electron chi connectivity index (χ3n) is 1.53. The molecular formula is C6Cl4N4. The van der Waals surface area contributed by atoms with Crippen LogP contribution in [0.1, 0.15) is 0 Å². The maximum atomic E-state index is 5.76. The Labute approximate surface area is 98.1 Å². The molecule has 72 valence electrons. The smallest absolute Gasteiger partial charge is 0.136 e. The van der Waals surface area contributed by atoms with Gasteiger partial charge in [-0.25, -0.2) is 0 Å². The summed E-state index contributed by atoms with van der Waals surface area (Å²) in [4.78, 5) is 0. The molecule has 2 aromatic rings. The van der Waals surface area contributed by atoms with E-state index in [0.717, 1.165) is 0 Å². The summed E-state index contributed by atoms with van der Waals surface area (Å²) in [5.74, 6) is 0. The summed E-state index contributed by atoms with van der Waals surface area (Å²) in [6.07, 6.45) is 0. The van der Waals surface area contributed by atoms with Crippen LogP contribution in [0.4, 0.5) is 0 Å². The predicted molar refractivity (Wildman–Crippen MR) is 55.2 cm³/mol. The molecule has 0 unspecified atom stereocenters. The van der Waals surface area contributed by atoms with Crippen LogP contribution in [-0.2, 0) is 0 Å². The molecule has 0 saturated heterocycles. The van der Waals surface area contributed by atoms with Crippen molar-refractivity contribution in [3.05, 3.63) is 20.6 Å². The second-order valence-electron chi connectivity index (χ2n) is 2.31. The molecule has 2 rings (SSSR count). The van der Waals surface area contributed by atoms with Crippen molar-refractivity contribution < 1.29 is 0 Å². The molecule has 0 spiro atoms. The van der Waals surface area contributed by atoms with E-state index >= 15 is 0 Å². The van der Waals surface area contributed by atoms with Gasteiger partial charge in [0.25, 0.3) is 0 Å². The van der Waals surface area contributed by atoms with Gasteiger partial charge < -0.3 is 0 Å². The molecule has 0 N–H and O–H groups in total. The molecule has 0 atom stereocenters. The molecule has 0 aliphatic heterocycles. The fraction of sp³-hybridized carbons (Fsp3) is 0. The van der Waals surface area contributed by atoms with Crippen LogP contribution in [0.15, 0.2) is 0 Å². The maximum Gasteiger partial charge on any atom is 0.162 e. The van der Waals surface area contributed by atoms with Crippen molar-refractivity contribution in [2.75, 3.05) is 0 Å². The van der Waals surface area contributed by atoms with Crippen LogP contribution in [0.5, 0.6) is 0 Å². The second-order valence-corrected chi connectivity index (χ2v) is 3.75. The Kier molecular flexibility index (Phi) is 2.62.